The second-order valence-corrected chi connectivity index (χ2v) is 10.8. The Morgan fingerprint density at radius 3 is 2.50 bits per heavy atom. The van der Waals surface area contributed by atoms with Gasteiger partial charge in [0.25, 0.3) is 0 Å². The van der Waals surface area contributed by atoms with Gasteiger partial charge in [-0.15, -0.1) is 0 Å². The lowest BCUT2D eigenvalue weighted by molar-refractivity contribution is 0.0548. The van der Waals surface area contributed by atoms with E-state index in [0.29, 0.717) is 17.7 Å². The van der Waals surface area contributed by atoms with E-state index in [1.165, 1.54) is 23.2 Å². The largest absolute Gasteiger partial charge is 0.439 e. The quantitative estimate of drug-likeness (QED) is 0.219. The molecule has 208 valence electrons. The van der Waals surface area contributed by atoms with E-state index in [4.69, 9.17) is 19.2 Å². The van der Waals surface area contributed by atoms with Crippen LogP contribution in [0.1, 0.15) is 80.7 Å². The second kappa shape index (κ2) is 12.6. The summed E-state index contributed by atoms with van der Waals surface area (Å²) in [5, 5.41) is 3.89. The molecule has 7 heteroatoms. The normalized spacial score (nSPS) is 17.0. The van der Waals surface area contributed by atoms with E-state index in [9.17, 15) is 4.79 Å². The summed E-state index contributed by atoms with van der Waals surface area (Å²) in [5.41, 5.74) is 7.49. The van der Waals surface area contributed by atoms with E-state index in [-0.39, 0.29) is 6.10 Å². The first kappa shape index (κ1) is 27.7. The number of aryl methyl sites for hydroxylation is 1. The number of nitrogens with zero attached hydrogens (tertiary/aromatic N) is 3. The monoisotopic (exact) mass is 538 g/mol. The van der Waals surface area contributed by atoms with Gasteiger partial charge in [-0.25, -0.2) is 14.8 Å². The van der Waals surface area contributed by atoms with Crippen molar-refractivity contribution in [3.63, 3.8) is 0 Å². The first-order valence-electron chi connectivity index (χ1n) is 14.3. The van der Waals surface area contributed by atoms with Crippen LogP contribution in [0.15, 0.2) is 63.9 Å². The summed E-state index contributed by atoms with van der Waals surface area (Å²) in [6, 6.07) is 16.4. The zero-order valence-electron chi connectivity index (χ0n) is 23.8. The fraction of sp³-hybridized carbons (Fsp3) is 0.394. The Morgan fingerprint density at radius 1 is 1.07 bits per heavy atom. The molecule has 1 saturated carbocycles. The zero-order chi connectivity index (χ0) is 28.1. The molecule has 0 spiro atoms. The van der Waals surface area contributed by atoms with Crippen LogP contribution in [0.4, 0.5) is 0 Å². The molecule has 4 aromatic rings. The molecule has 1 aliphatic carbocycles. The average Bonchev–Trinajstić information content (AvgIpc) is 3.37. The van der Waals surface area contributed by atoms with Gasteiger partial charge in [-0.2, -0.15) is 0 Å². The fourth-order valence-corrected chi connectivity index (χ4v) is 5.52. The minimum atomic E-state index is -0.564. The number of aromatic amines is 1. The number of benzene rings is 2. The van der Waals surface area contributed by atoms with Gasteiger partial charge < -0.3 is 4.74 Å². The lowest BCUT2D eigenvalue weighted by Crippen LogP contribution is -2.28. The number of hydrogen-bond acceptors (Lipinski definition) is 6. The Morgan fingerprint density at radius 2 is 1.85 bits per heavy atom. The molecule has 2 aromatic heterocycles. The minimum absolute atomic E-state index is 0.259. The molecule has 2 atom stereocenters. The SMILES string of the molecule is CC/C=C/c1nc(C)nc(C2CCC2CCOC(C)C)c1Cc1ccc(-c2ccccc2-c2noc(=O)[nH]2)cc1. The number of aromatic nitrogens is 4. The van der Waals surface area contributed by atoms with Crippen molar-refractivity contribution in [2.24, 2.45) is 5.92 Å². The highest BCUT2D eigenvalue weighted by atomic mass is 16.5. The van der Waals surface area contributed by atoms with E-state index in [2.05, 4.69) is 67.3 Å². The molecule has 1 N–H and O–H groups in total. The maximum atomic E-state index is 11.5. The van der Waals surface area contributed by atoms with Crippen LogP contribution < -0.4 is 5.76 Å². The predicted octanol–water partition coefficient (Wildman–Crippen LogP) is 7.12. The average molecular weight is 539 g/mol. The first-order valence-corrected chi connectivity index (χ1v) is 14.3. The summed E-state index contributed by atoms with van der Waals surface area (Å²) in [6.45, 7) is 9.13. The summed E-state index contributed by atoms with van der Waals surface area (Å²) in [5.74, 6) is 1.72. The molecule has 5 rings (SSSR count). The number of allylic oxidation sites excluding steroid dienone is 1. The van der Waals surface area contributed by atoms with Gasteiger partial charge in [-0.1, -0.05) is 66.7 Å². The molecule has 0 radical (unpaired) electrons. The second-order valence-electron chi connectivity index (χ2n) is 10.8. The van der Waals surface area contributed by atoms with Crippen LogP contribution in [0.25, 0.3) is 28.6 Å². The van der Waals surface area contributed by atoms with Crippen LogP contribution in [-0.2, 0) is 11.2 Å². The molecule has 1 fully saturated rings. The third kappa shape index (κ3) is 6.31. The lowest BCUT2D eigenvalue weighted by Gasteiger charge is -2.38. The number of nitrogens with one attached hydrogen (secondary N) is 1. The highest BCUT2D eigenvalue weighted by Gasteiger charge is 2.35. The first-order chi connectivity index (χ1) is 19.4. The van der Waals surface area contributed by atoms with Gasteiger partial charge in [-0.3, -0.25) is 9.51 Å². The molecule has 0 amide bonds. The maximum absolute atomic E-state index is 11.5. The summed E-state index contributed by atoms with van der Waals surface area (Å²) in [7, 11) is 0. The molecule has 2 aromatic carbocycles. The Hall–Kier alpha value is -3.84. The molecule has 2 heterocycles. The number of ether oxygens (including phenoxy) is 1. The van der Waals surface area contributed by atoms with Gasteiger partial charge in [-0.05, 0) is 75.1 Å². The van der Waals surface area contributed by atoms with Crippen LogP contribution >= 0.6 is 0 Å². The highest BCUT2D eigenvalue weighted by Crippen LogP contribution is 2.45. The lowest BCUT2D eigenvalue weighted by atomic mass is 9.69. The Bertz CT molecular complexity index is 1520. The van der Waals surface area contributed by atoms with Gasteiger partial charge in [0.2, 0.25) is 0 Å². The van der Waals surface area contributed by atoms with Gasteiger partial charge in [0.1, 0.15) is 5.82 Å². The summed E-state index contributed by atoms with van der Waals surface area (Å²) < 4.78 is 10.6. The Balaban J connectivity index is 1.44. The van der Waals surface area contributed by atoms with E-state index in [1.807, 2.05) is 31.2 Å². The Labute approximate surface area is 235 Å². The van der Waals surface area contributed by atoms with Crippen molar-refractivity contribution in [3.05, 3.63) is 93.5 Å². The van der Waals surface area contributed by atoms with Crippen molar-refractivity contribution < 1.29 is 9.26 Å². The van der Waals surface area contributed by atoms with Crippen molar-refractivity contribution in [2.75, 3.05) is 6.61 Å². The van der Waals surface area contributed by atoms with Crippen molar-refractivity contribution in [2.45, 2.75) is 71.8 Å². The molecule has 1 aliphatic rings. The van der Waals surface area contributed by atoms with Crippen LogP contribution in [0, 0.1) is 12.8 Å². The van der Waals surface area contributed by atoms with Crippen LogP contribution in [-0.4, -0.2) is 32.8 Å². The van der Waals surface area contributed by atoms with Gasteiger partial charge in [0.05, 0.1) is 17.5 Å². The standard InChI is InChI=1S/C33H38N4O3/c1-5-6-11-30-29(31(35-22(4)34-30)27-17-16-25(27)18-19-39-21(2)3)20-23-12-14-24(15-13-23)26-9-7-8-10-28(26)32-36-33(38)40-37-32/h6-15,21,25,27H,5,16-20H2,1-4H3,(H,36,37,38)/b11-6+. The van der Waals surface area contributed by atoms with E-state index < -0.39 is 5.76 Å². The van der Waals surface area contributed by atoms with Crippen molar-refractivity contribution in [1.82, 2.24) is 20.1 Å². The third-order valence-corrected chi connectivity index (χ3v) is 7.67. The number of H-pyrrole nitrogens is 1. The highest BCUT2D eigenvalue weighted by molar-refractivity contribution is 5.80. The molecule has 0 saturated heterocycles. The Kier molecular flexibility index (Phi) is 8.70. The number of hydrogen-bond donors (Lipinski definition) is 1. The topological polar surface area (TPSA) is 93.9 Å². The van der Waals surface area contributed by atoms with E-state index >= 15 is 0 Å². The minimum Gasteiger partial charge on any atom is -0.379 e. The van der Waals surface area contributed by atoms with Crippen LogP contribution in [0.2, 0.25) is 0 Å². The van der Waals surface area contributed by atoms with Gasteiger partial charge in [0.15, 0.2) is 5.82 Å². The third-order valence-electron chi connectivity index (χ3n) is 7.67. The zero-order valence-corrected chi connectivity index (χ0v) is 23.8. The molecule has 0 aliphatic heterocycles. The van der Waals surface area contributed by atoms with E-state index in [0.717, 1.165) is 60.5 Å². The van der Waals surface area contributed by atoms with Crippen LogP contribution in [0.5, 0.6) is 0 Å². The van der Waals surface area contributed by atoms with E-state index in [1.54, 1.807) is 0 Å². The summed E-state index contributed by atoms with van der Waals surface area (Å²) in [4.78, 5) is 24.1. The van der Waals surface area contributed by atoms with Crippen molar-refractivity contribution in [3.8, 4) is 22.5 Å². The molecule has 40 heavy (non-hydrogen) atoms. The molecular weight excluding hydrogens is 500 g/mol. The van der Waals surface area contributed by atoms with Crippen molar-refractivity contribution in [1.29, 1.82) is 0 Å². The summed E-state index contributed by atoms with van der Waals surface area (Å²) >= 11 is 0. The molecule has 0 bridgehead atoms. The number of rotatable bonds is 11. The molecule has 7 nitrogen and oxygen atoms in total. The fourth-order valence-electron chi connectivity index (χ4n) is 5.52. The van der Waals surface area contributed by atoms with Crippen LogP contribution in [0.3, 0.4) is 0 Å². The smallest absolute Gasteiger partial charge is 0.379 e. The van der Waals surface area contributed by atoms with Crippen molar-refractivity contribution >= 4 is 6.08 Å². The summed E-state index contributed by atoms with van der Waals surface area (Å²) in [6.07, 6.45) is 9.77. The molecule has 2 unspecified atom stereocenters. The predicted molar refractivity (Wildman–Crippen MR) is 158 cm³/mol. The molecular formula is C33H38N4O3. The maximum Gasteiger partial charge on any atom is 0.439 e. The van der Waals surface area contributed by atoms with Gasteiger partial charge in [0, 0.05) is 30.1 Å². The van der Waals surface area contributed by atoms with Gasteiger partial charge >= 0.3 is 5.76 Å².